The van der Waals surface area contributed by atoms with Crippen molar-refractivity contribution < 1.29 is 9.53 Å². The van der Waals surface area contributed by atoms with Crippen molar-refractivity contribution in [2.75, 3.05) is 18.0 Å². The topological polar surface area (TPSA) is 91.1 Å². The molecular formula is C19H21N5O2. The van der Waals surface area contributed by atoms with E-state index in [1.54, 1.807) is 24.8 Å². The van der Waals surface area contributed by atoms with Crippen molar-refractivity contribution in [2.45, 2.75) is 32.4 Å². The number of ether oxygens (including phenoxy) is 1. The van der Waals surface area contributed by atoms with Gasteiger partial charge in [0.05, 0.1) is 24.0 Å². The zero-order valence-electron chi connectivity index (χ0n) is 14.7. The van der Waals surface area contributed by atoms with Gasteiger partial charge in [0.15, 0.2) is 0 Å². The maximum Gasteiger partial charge on any atom is 0.219 e. The van der Waals surface area contributed by atoms with Crippen LogP contribution in [0.5, 0.6) is 5.75 Å². The standard InChI is InChI=1S/C19H21N5O2/c1-2-19(25)23-11-14-3-6-22-12-18(14)26-16-5-8-24(13-16)17-4-7-21-10-15(17)9-20/h3-4,6-7,10,12,16H,2,5,8,11,13H2,1H3,(H,23,25)/t16-/m0/s1. The van der Waals surface area contributed by atoms with Crippen LogP contribution < -0.4 is 15.0 Å². The van der Waals surface area contributed by atoms with Crippen LogP contribution in [0.3, 0.4) is 0 Å². The lowest BCUT2D eigenvalue weighted by molar-refractivity contribution is -0.120. The van der Waals surface area contributed by atoms with Gasteiger partial charge >= 0.3 is 0 Å². The fourth-order valence-electron chi connectivity index (χ4n) is 2.95. The number of pyridine rings is 2. The summed E-state index contributed by atoms with van der Waals surface area (Å²) in [5, 5.41) is 12.1. The van der Waals surface area contributed by atoms with E-state index in [1.807, 2.05) is 19.1 Å². The summed E-state index contributed by atoms with van der Waals surface area (Å²) < 4.78 is 6.14. The van der Waals surface area contributed by atoms with Gasteiger partial charge in [0.2, 0.25) is 5.91 Å². The van der Waals surface area contributed by atoms with Crippen molar-refractivity contribution in [3.05, 3.63) is 48.0 Å². The number of carbonyl (C=O) groups is 1. The molecule has 1 fully saturated rings. The van der Waals surface area contributed by atoms with E-state index in [9.17, 15) is 10.1 Å². The van der Waals surface area contributed by atoms with E-state index in [0.29, 0.717) is 30.8 Å². The van der Waals surface area contributed by atoms with Crippen LogP contribution in [0.2, 0.25) is 0 Å². The van der Waals surface area contributed by atoms with E-state index >= 15 is 0 Å². The highest BCUT2D eigenvalue weighted by atomic mass is 16.5. The normalized spacial score (nSPS) is 16.2. The van der Waals surface area contributed by atoms with Crippen molar-refractivity contribution in [3.8, 4) is 11.8 Å². The van der Waals surface area contributed by atoms with Crippen molar-refractivity contribution in [2.24, 2.45) is 0 Å². The second kappa shape index (κ2) is 8.30. The Morgan fingerprint density at radius 1 is 1.38 bits per heavy atom. The average molecular weight is 351 g/mol. The van der Waals surface area contributed by atoms with E-state index in [1.165, 1.54) is 0 Å². The lowest BCUT2D eigenvalue weighted by atomic mass is 10.2. The molecule has 7 heteroatoms. The van der Waals surface area contributed by atoms with Crippen LogP contribution in [-0.2, 0) is 11.3 Å². The lowest BCUT2D eigenvalue weighted by Crippen LogP contribution is -2.26. The number of amides is 1. The Labute approximate surface area is 152 Å². The highest BCUT2D eigenvalue weighted by Gasteiger charge is 2.26. The molecule has 2 aromatic heterocycles. The smallest absolute Gasteiger partial charge is 0.219 e. The molecule has 1 saturated heterocycles. The first kappa shape index (κ1) is 17.7. The summed E-state index contributed by atoms with van der Waals surface area (Å²) in [6, 6.07) is 5.90. The maximum absolute atomic E-state index is 11.5. The number of hydrogen-bond acceptors (Lipinski definition) is 6. The number of aromatic nitrogens is 2. The molecule has 0 unspecified atom stereocenters. The molecular weight excluding hydrogens is 330 g/mol. The Kier molecular flexibility index (Phi) is 5.64. The Hall–Kier alpha value is -3.14. The first-order valence-corrected chi connectivity index (χ1v) is 8.66. The van der Waals surface area contributed by atoms with Gasteiger partial charge in [0.25, 0.3) is 0 Å². The van der Waals surface area contributed by atoms with E-state index in [0.717, 1.165) is 24.2 Å². The molecule has 0 bridgehead atoms. The molecule has 1 amide bonds. The van der Waals surface area contributed by atoms with Crippen LogP contribution in [0.4, 0.5) is 5.69 Å². The zero-order chi connectivity index (χ0) is 18.4. The van der Waals surface area contributed by atoms with Gasteiger partial charge in [-0.1, -0.05) is 6.92 Å². The molecule has 2 aromatic rings. The SMILES string of the molecule is CCC(=O)NCc1ccncc1O[C@H]1CCN(c2ccncc2C#N)C1. The molecule has 26 heavy (non-hydrogen) atoms. The quantitative estimate of drug-likeness (QED) is 0.856. The Bertz CT molecular complexity index is 818. The molecule has 0 radical (unpaired) electrons. The second-order valence-corrected chi connectivity index (χ2v) is 6.09. The van der Waals surface area contributed by atoms with Crippen molar-refractivity contribution in [1.82, 2.24) is 15.3 Å². The summed E-state index contributed by atoms with van der Waals surface area (Å²) in [5.74, 6) is 0.688. The van der Waals surface area contributed by atoms with Gasteiger partial charge in [-0.2, -0.15) is 5.26 Å². The summed E-state index contributed by atoms with van der Waals surface area (Å²) in [7, 11) is 0. The molecule has 3 rings (SSSR count). The summed E-state index contributed by atoms with van der Waals surface area (Å²) in [6.07, 6.45) is 7.95. The fourth-order valence-corrected chi connectivity index (χ4v) is 2.95. The lowest BCUT2D eigenvalue weighted by Gasteiger charge is -2.20. The minimum Gasteiger partial charge on any atom is -0.487 e. The molecule has 0 spiro atoms. The van der Waals surface area contributed by atoms with Crippen LogP contribution in [0.15, 0.2) is 36.9 Å². The van der Waals surface area contributed by atoms with Crippen LogP contribution in [-0.4, -0.2) is 35.1 Å². The fraction of sp³-hybridized carbons (Fsp3) is 0.368. The molecule has 1 atom stereocenters. The third-order valence-corrected chi connectivity index (χ3v) is 4.37. The number of rotatable bonds is 6. The van der Waals surface area contributed by atoms with Crippen LogP contribution in [0.25, 0.3) is 0 Å². The predicted octanol–water partition coefficient (Wildman–Crippen LogP) is 2.03. The molecule has 1 N–H and O–H groups in total. The van der Waals surface area contributed by atoms with Gasteiger partial charge in [-0.25, -0.2) is 0 Å². The Morgan fingerprint density at radius 2 is 2.19 bits per heavy atom. The number of nitrogens with zero attached hydrogens (tertiary/aromatic N) is 4. The molecule has 7 nitrogen and oxygen atoms in total. The van der Waals surface area contributed by atoms with Crippen LogP contribution >= 0.6 is 0 Å². The minimum absolute atomic E-state index is 0.000431. The van der Waals surface area contributed by atoms with E-state index in [4.69, 9.17) is 4.74 Å². The molecule has 1 aliphatic heterocycles. The van der Waals surface area contributed by atoms with Gasteiger partial charge < -0.3 is 15.0 Å². The van der Waals surface area contributed by atoms with Crippen LogP contribution in [0.1, 0.15) is 30.9 Å². The van der Waals surface area contributed by atoms with E-state index in [2.05, 4.69) is 26.3 Å². The molecule has 0 aromatic carbocycles. The van der Waals surface area contributed by atoms with Gasteiger partial charge in [0, 0.05) is 50.1 Å². The highest BCUT2D eigenvalue weighted by molar-refractivity contribution is 5.75. The van der Waals surface area contributed by atoms with Crippen molar-refractivity contribution in [3.63, 3.8) is 0 Å². The molecule has 3 heterocycles. The third-order valence-electron chi connectivity index (χ3n) is 4.37. The van der Waals surface area contributed by atoms with Crippen molar-refractivity contribution >= 4 is 11.6 Å². The second-order valence-electron chi connectivity index (χ2n) is 6.09. The molecule has 1 aliphatic rings. The summed E-state index contributed by atoms with van der Waals surface area (Å²) in [4.78, 5) is 21.8. The highest BCUT2D eigenvalue weighted by Crippen LogP contribution is 2.26. The molecule has 0 saturated carbocycles. The minimum atomic E-state index is -0.000431. The van der Waals surface area contributed by atoms with Gasteiger partial charge in [-0.05, 0) is 12.1 Å². The van der Waals surface area contributed by atoms with Crippen LogP contribution in [0, 0.1) is 11.3 Å². The average Bonchev–Trinajstić information content (AvgIpc) is 3.15. The summed E-state index contributed by atoms with van der Waals surface area (Å²) >= 11 is 0. The van der Waals surface area contributed by atoms with Crippen molar-refractivity contribution in [1.29, 1.82) is 5.26 Å². The maximum atomic E-state index is 11.5. The van der Waals surface area contributed by atoms with E-state index in [-0.39, 0.29) is 12.0 Å². The monoisotopic (exact) mass is 351 g/mol. The first-order valence-electron chi connectivity index (χ1n) is 8.66. The van der Waals surface area contributed by atoms with Gasteiger partial charge in [0.1, 0.15) is 17.9 Å². The Balaban J connectivity index is 1.66. The van der Waals surface area contributed by atoms with E-state index < -0.39 is 0 Å². The molecule has 0 aliphatic carbocycles. The number of hydrogen-bond donors (Lipinski definition) is 1. The Morgan fingerprint density at radius 3 is 3.00 bits per heavy atom. The summed E-state index contributed by atoms with van der Waals surface area (Å²) in [5.41, 5.74) is 2.36. The third kappa shape index (κ3) is 4.09. The van der Waals surface area contributed by atoms with Gasteiger partial charge in [-0.15, -0.1) is 0 Å². The zero-order valence-corrected chi connectivity index (χ0v) is 14.7. The predicted molar refractivity (Wildman–Crippen MR) is 96.6 cm³/mol. The number of nitrogens with one attached hydrogen (secondary N) is 1. The first-order chi connectivity index (χ1) is 12.7. The molecule has 134 valence electrons. The number of carbonyl (C=O) groups excluding carboxylic acids is 1. The summed E-state index contributed by atoms with van der Waals surface area (Å²) in [6.45, 7) is 3.74. The number of nitriles is 1. The largest absolute Gasteiger partial charge is 0.487 e. The number of anilines is 1. The van der Waals surface area contributed by atoms with Gasteiger partial charge in [-0.3, -0.25) is 14.8 Å².